The summed E-state index contributed by atoms with van der Waals surface area (Å²) in [6.07, 6.45) is -1.13. The maximum absolute atomic E-state index is 12.3. The van der Waals surface area contributed by atoms with Crippen molar-refractivity contribution in [3.63, 3.8) is 0 Å². The van der Waals surface area contributed by atoms with E-state index in [1.807, 2.05) is 6.92 Å². The summed E-state index contributed by atoms with van der Waals surface area (Å²) in [6.45, 7) is 7.58. The van der Waals surface area contributed by atoms with Crippen LogP contribution in [0.15, 0.2) is 18.2 Å². The SMILES string of the molecule is CCOCc1cc(C(=O)O[C@H](C)C(=O)NC(=O)NC(C)C)ccc1OC. The highest BCUT2D eigenvalue weighted by atomic mass is 16.5. The molecule has 0 aliphatic carbocycles. The van der Waals surface area contributed by atoms with Gasteiger partial charge in [-0.3, -0.25) is 10.1 Å². The average molecular weight is 366 g/mol. The van der Waals surface area contributed by atoms with Crippen LogP contribution in [0.3, 0.4) is 0 Å². The van der Waals surface area contributed by atoms with Gasteiger partial charge in [0.1, 0.15) is 5.75 Å². The van der Waals surface area contributed by atoms with Crippen LogP contribution in [0.5, 0.6) is 5.75 Å². The van der Waals surface area contributed by atoms with Gasteiger partial charge in [0, 0.05) is 18.2 Å². The van der Waals surface area contributed by atoms with Crippen molar-refractivity contribution in [1.29, 1.82) is 0 Å². The van der Waals surface area contributed by atoms with E-state index in [2.05, 4.69) is 10.6 Å². The Bertz CT molecular complexity index is 645. The van der Waals surface area contributed by atoms with Crippen LogP contribution in [0.4, 0.5) is 4.79 Å². The molecule has 0 unspecified atom stereocenters. The smallest absolute Gasteiger partial charge is 0.338 e. The highest BCUT2D eigenvalue weighted by Crippen LogP contribution is 2.21. The minimum absolute atomic E-state index is 0.122. The van der Waals surface area contributed by atoms with Crippen molar-refractivity contribution in [1.82, 2.24) is 10.6 Å². The second-order valence-electron chi connectivity index (χ2n) is 5.83. The molecule has 0 radical (unpaired) electrons. The van der Waals surface area contributed by atoms with Gasteiger partial charge in [0.15, 0.2) is 6.10 Å². The Morgan fingerprint density at radius 1 is 1.15 bits per heavy atom. The molecule has 2 N–H and O–H groups in total. The Hall–Kier alpha value is -2.61. The van der Waals surface area contributed by atoms with Gasteiger partial charge in [-0.25, -0.2) is 9.59 Å². The number of imide groups is 1. The van der Waals surface area contributed by atoms with E-state index in [1.54, 1.807) is 26.0 Å². The van der Waals surface area contributed by atoms with Gasteiger partial charge in [-0.15, -0.1) is 0 Å². The molecule has 144 valence electrons. The topological polar surface area (TPSA) is 103 Å². The summed E-state index contributed by atoms with van der Waals surface area (Å²) in [4.78, 5) is 35.7. The second-order valence-corrected chi connectivity index (χ2v) is 5.83. The summed E-state index contributed by atoms with van der Waals surface area (Å²) >= 11 is 0. The molecule has 8 heteroatoms. The molecule has 1 aromatic rings. The predicted octanol–water partition coefficient (Wildman–Crippen LogP) is 2.01. The molecule has 1 atom stereocenters. The fraction of sp³-hybridized carbons (Fsp3) is 0.500. The minimum Gasteiger partial charge on any atom is -0.496 e. The molecule has 26 heavy (non-hydrogen) atoms. The first-order valence-electron chi connectivity index (χ1n) is 8.35. The summed E-state index contributed by atoms with van der Waals surface area (Å²) < 4.78 is 15.7. The molecule has 0 fully saturated rings. The molecule has 0 aliphatic rings. The number of rotatable bonds is 8. The van der Waals surface area contributed by atoms with Gasteiger partial charge in [0.2, 0.25) is 0 Å². The normalized spacial score (nSPS) is 11.6. The summed E-state index contributed by atoms with van der Waals surface area (Å²) in [7, 11) is 1.53. The second kappa shape index (κ2) is 10.4. The molecule has 1 aromatic carbocycles. The Balaban J connectivity index is 2.74. The molecule has 0 saturated carbocycles. The van der Waals surface area contributed by atoms with E-state index in [0.717, 1.165) is 0 Å². The zero-order valence-electron chi connectivity index (χ0n) is 15.8. The van der Waals surface area contributed by atoms with Crippen molar-refractivity contribution in [3.8, 4) is 5.75 Å². The first kappa shape index (κ1) is 21.4. The van der Waals surface area contributed by atoms with Gasteiger partial charge >= 0.3 is 12.0 Å². The average Bonchev–Trinajstić information content (AvgIpc) is 2.58. The van der Waals surface area contributed by atoms with Crippen LogP contribution >= 0.6 is 0 Å². The number of esters is 1. The van der Waals surface area contributed by atoms with Crippen molar-refractivity contribution in [2.45, 2.75) is 46.4 Å². The summed E-state index contributed by atoms with van der Waals surface area (Å²) in [5.41, 5.74) is 0.948. The predicted molar refractivity (Wildman–Crippen MR) is 95.0 cm³/mol. The Kier molecular flexibility index (Phi) is 8.57. The van der Waals surface area contributed by atoms with Crippen molar-refractivity contribution in [3.05, 3.63) is 29.3 Å². The van der Waals surface area contributed by atoms with Crippen LogP contribution in [-0.4, -0.2) is 43.8 Å². The van der Waals surface area contributed by atoms with E-state index in [9.17, 15) is 14.4 Å². The molecule has 0 saturated heterocycles. The quantitative estimate of drug-likeness (QED) is 0.682. The highest BCUT2D eigenvalue weighted by molar-refractivity contribution is 5.98. The molecule has 0 spiro atoms. The van der Waals surface area contributed by atoms with Gasteiger partial charge in [0.05, 0.1) is 19.3 Å². The fourth-order valence-electron chi connectivity index (χ4n) is 2.02. The highest BCUT2D eigenvalue weighted by Gasteiger charge is 2.21. The monoisotopic (exact) mass is 366 g/mol. The molecular formula is C18H26N2O6. The Morgan fingerprint density at radius 2 is 1.85 bits per heavy atom. The fourth-order valence-corrected chi connectivity index (χ4v) is 2.02. The number of hydrogen-bond acceptors (Lipinski definition) is 6. The number of amides is 3. The van der Waals surface area contributed by atoms with Crippen LogP contribution in [0, 0.1) is 0 Å². The first-order chi connectivity index (χ1) is 12.3. The largest absolute Gasteiger partial charge is 0.496 e. The first-order valence-corrected chi connectivity index (χ1v) is 8.35. The van der Waals surface area contributed by atoms with Gasteiger partial charge in [-0.05, 0) is 45.9 Å². The third kappa shape index (κ3) is 6.72. The van der Waals surface area contributed by atoms with Crippen LogP contribution < -0.4 is 15.4 Å². The summed E-state index contributed by atoms with van der Waals surface area (Å²) in [5.74, 6) is -0.803. The van der Waals surface area contributed by atoms with E-state index in [-0.39, 0.29) is 18.2 Å². The number of urea groups is 1. The maximum atomic E-state index is 12.3. The Labute approximate surface area is 153 Å². The van der Waals surface area contributed by atoms with Crippen LogP contribution in [0.1, 0.15) is 43.6 Å². The molecule has 0 bridgehead atoms. The molecule has 8 nitrogen and oxygen atoms in total. The standard InChI is InChI=1S/C18H26N2O6/c1-6-25-10-14-9-13(7-8-15(14)24-5)17(22)26-12(4)16(21)20-18(23)19-11(2)3/h7-9,11-12H,6,10H2,1-5H3,(H2,19,20,21,23)/t12-/m1/s1. The van der Waals surface area contributed by atoms with E-state index >= 15 is 0 Å². The third-order valence-electron chi connectivity index (χ3n) is 3.29. The molecule has 0 aromatic heterocycles. The van der Waals surface area contributed by atoms with Crippen LogP contribution in [0.2, 0.25) is 0 Å². The lowest BCUT2D eigenvalue weighted by Crippen LogP contribution is -2.46. The molecule has 3 amide bonds. The zero-order chi connectivity index (χ0) is 19.7. The lowest BCUT2D eigenvalue weighted by atomic mass is 10.1. The molecule has 0 heterocycles. The number of methoxy groups -OCH3 is 1. The zero-order valence-corrected chi connectivity index (χ0v) is 15.8. The van der Waals surface area contributed by atoms with Crippen molar-refractivity contribution in [2.24, 2.45) is 0 Å². The number of ether oxygens (including phenoxy) is 3. The number of carbonyl (C=O) groups is 3. The van der Waals surface area contributed by atoms with E-state index in [1.165, 1.54) is 20.1 Å². The van der Waals surface area contributed by atoms with E-state index in [0.29, 0.717) is 17.9 Å². The number of hydrogen-bond donors (Lipinski definition) is 2. The number of benzene rings is 1. The molecule has 0 aliphatic heterocycles. The van der Waals surface area contributed by atoms with Crippen LogP contribution in [0.25, 0.3) is 0 Å². The molecular weight excluding hydrogens is 340 g/mol. The van der Waals surface area contributed by atoms with E-state index in [4.69, 9.17) is 14.2 Å². The van der Waals surface area contributed by atoms with Gasteiger partial charge in [-0.1, -0.05) is 0 Å². The van der Waals surface area contributed by atoms with Crippen molar-refractivity contribution < 1.29 is 28.6 Å². The minimum atomic E-state index is -1.13. The van der Waals surface area contributed by atoms with E-state index < -0.39 is 24.0 Å². The number of nitrogens with one attached hydrogen (secondary N) is 2. The van der Waals surface area contributed by atoms with Gasteiger partial charge < -0.3 is 19.5 Å². The maximum Gasteiger partial charge on any atom is 0.338 e. The van der Waals surface area contributed by atoms with Gasteiger partial charge in [0.25, 0.3) is 5.91 Å². The van der Waals surface area contributed by atoms with Crippen LogP contribution in [-0.2, 0) is 20.9 Å². The van der Waals surface area contributed by atoms with Gasteiger partial charge in [-0.2, -0.15) is 0 Å². The summed E-state index contributed by atoms with van der Waals surface area (Å²) in [5, 5.41) is 4.63. The van der Waals surface area contributed by atoms with Crippen molar-refractivity contribution >= 4 is 17.9 Å². The lowest BCUT2D eigenvalue weighted by Gasteiger charge is -2.15. The third-order valence-corrected chi connectivity index (χ3v) is 3.29. The van der Waals surface area contributed by atoms with Crippen molar-refractivity contribution in [2.75, 3.05) is 13.7 Å². The summed E-state index contributed by atoms with van der Waals surface area (Å²) in [6, 6.07) is 3.99. The lowest BCUT2D eigenvalue weighted by molar-refractivity contribution is -0.127. The number of carbonyl (C=O) groups excluding carboxylic acids is 3. The Morgan fingerprint density at radius 3 is 2.42 bits per heavy atom. The molecule has 1 rings (SSSR count).